The fraction of sp³-hybridized carbons (Fsp3) is 0.300. The molecule has 11 nitrogen and oxygen atoms in total. The van der Waals surface area contributed by atoms with Crippen molar-refractivity contribution < 1.29 is 24.2 Å². The Labute approximate surface area is 304 Å². The number of benzene rings is 4. The molecule has 1 spiro atoms. The van der Waals surface area contributed by atoms with Gasteiger partial charge in [0.25, 0.3) is 11.8 Å². The summed E-state index contributed by atoms with van der Waals surface area (Å²) in [6, 6.07) is 31.7. The first kappa shape index (κ1) is 35.3. The average molecular weight is 717 g/mol. The number of nitrogens with zero attached hydrogens (tertiary/aromatic N) is 4. The molecule has 5 N–H and O–H groups in total. The molecule has 52 heavy (non-hydrogen) atoms. The van der Waals surface area contributed by atoms with Gasteiger partial charge in [0.2, 0.25) is 0 Å². The maximum absolute atomic E-state index is 14.9. The second kappa shape index (κ2) is 14.1. The topological polar surface area (TPSA) is 156 Å². The molecule has 268 valence electrons. The number of hydrogen-bond donors (Lipinski definition) is 4. The van der Waals surface area contributed by atoms with Gasteiger partial charge in [0.1, 0.15) is 0 Å². The quantitative estimate of drug-likeness (QED) is 0.101. The highest BCUT2D eigenvalue weighted by molar-refractivity contribution is 6.71. The van der Waals surface area contributed by atoms with E-state index >= 15 is 0 Å². The summed E-state index contributed by atoms with van der Waals surface area (Å²) < 4.78 is 8.78. The van der Waals surface area contributed by atoms with Crippen molar-refractivity contribution >= 4 is 37.2 Å². The van der Waals surface area contributed by atoms with Gasteiger partial charge in [-0.1, -0.05) is 72.8 Å². The molecule has 0 saturated carbocycles. The number of anilines is 3. The fourth-order valence-corrected chi connectivity index (χ4v) is 10.7. The van der Waals surface area contributed by atoms with Gasteiger partial charge in [0.15, 0.2) is 13.9 Å². The average Bonchev–Trinajstić information content (AvgIpc) is 3.79. The highest BCUT2D eigenvalue weighted by Gasteiger charge is 2.66. The van der Waals surface area contributed by atoms with Crippen LogP contribution in [0.3, 0.4) is 0 Å². The molecule has 0 bridgehead atoms. The smallest absolute Gasteiger partial charge is 0.264 e. The number of aliphatic hydroxyl groups excluding tert-OH is 1. The third-order valence-electron chi connectivity index (χ3n) is 10.5. The number of carbonyl (C=O) groups excluding carboxylic acids is 2. The summed E-state index contributed by atoms with van der Waals surface area (Å²) in [5, 5.41) is 21.9. The van der Waals surface area contributed by atoms with E-state index in [9.17, 15) is 19.5 Å². The monoisotopic (exact) mass is 716 g/mol. The number of nitrogens with one attached hydrogen (secondary N) is 1. The normalized spacial score (nSPS) is 21.8. The molecule has 0 aliphatic carbocycles. The number of amides is 2. The van der Waals surface area contributed by atoms with Gasteiger partial charge in [0, 0.05) is 46.7 Å². The van der Waals surface area contributed by atoms with Crippen LogP contribution in [0.15, 0.2) is 109 Å². The third kappa shape index (κ3) is 6.54. The van der Waals surface area contributed by atoms with Crippen LogP contribution in [-0.2, 0) is 28.2 Å². The Morgan fingerprint density at radius 1 is 1.02 bits per heavy atom. The lowest BCUT2D eigenvalue weighted by molar-refractivity contribution is -0.146. The minimum atomic E-state index is -2.93. The summed E-state index contributed by atoms with van der Waals surface area (Å²) in [4.78, 5) is 41.7. The van der Waals surface area contributed by atoms with E-state index in [4.69, 9.17) is 10.5 Å². The molecule has 1 fully saturated rings. The molecule has 4 aromatic carbocycles. The third-order valence-corrected chi connectivity index (χ3v) is 13.0. The summed E-state index contributed by atoms with van der Waals surface area (Å²) in [5.41, 5.74) is 9.63. The summed E-state index contributed by atoms with van der Waals surface area (Å²) in [6.45, 7) is 6.46. The van der Waals surface area contributed by atoms with Gasteiger partial charge in [-0.25, -0.2) is 0 Å². The first-order valence-corrected chi connectivity index (χ1v) is 20.7. The molecule has 3 heterocycles. The zero-order chi connectivity index (χ0) is 36.6. The molecule has 7 rings (SSSR count). The minimum Gasteiger partial charge on any atom is -0.432 e. The van der Waals surface area contributed by atoms with Gasteiger partial charge in [0.05, 0.1) is 36.6 Å². The predicted octanol–water partition coefficient (Wildman–Crippen LogP) is 5.67. The SMILES string of the molecule is C[C@H]1[C@H]([Si](C)(C)O)[C@@H](CCn2cc(C(CO)c3ccccc3)nn2)O[C@]12C(=O)N(Cc1ccccc1)c1ccc(NC(=O)c3ccc(N)cc3)cc12. The molecular weight excluding hydrogens is 673 g/mol. The van der Waals surface area contributed by atoms with Crippen LogP contribution < -0.4 is 16.0 Å². The number of hydrogen-bond acceptors (Lipinski definition) is 8. The van der Waals surface area contributed by atoms with Crippen LogP contribution in [0.2, 0.25) is 18.6 Å². The lowest BCUT2D eigenvalue weighted by Gasteiger charge is -2.32. The van der Waals surface area contributed by atoms with Gasteiger partial charge in [-0.05, 0) is 73.1 Å². The van der Waals surface area contributed by atoms with Crippen LogP contribution in [0.25, 0.3) is 0 Å². The molecule has 5 atom stereocenters. The van der Waals surface area contributed by atoms with Crippen molar-refractivity contribution in [2.75, 3.05) is 22.6 Å². The molecule has 5 aromatic rings. The molecular formula is C40H44N6O5Si. The van der Waals surface area contributed by atoms with Crippen LogP contribution in [0, 0.1) is 5.92 Å². The first-order valence-electron chi connectivity index (χ1n) is 17.6. The lowest BCUT2D eigenvalue weighted by Crippen LogP contribution is -2.46. The van der Waals surface area contributed by atoms with E-state index in [0.29, 0.717) is 53.4 Å². The Hall–Kier alpha value is -5.14. The second-order valence-electron chi connectivity index (χ2n) is 14.4. The fourth-order valence-electron chi connectivity index (χ4n) is 8.08. The minimum absolute atomic E-state index is 0.107. The highest BCUT2D eigenvalue weighted by atomic mass is 28.4. The zero-order valence-corrected chi connectivity index (χ0v) is 30.5. The molecule has 1 aromatic heterocycles. The summed E-state index contributed by atoms with van der Waals surface area (Å²) in [5.74, 6) is -1.19. The van der Waals surface area contributed by atoms with Crippen LogP contribution >= 0.6 is 0 Å². The van der Waals surface area contributed by atoms with Crippen molar-refractivity contribution in [3.8, 4) is 0 Å². The molecule has 2 aliphatic heterocycles. The Morgan fingerprint density at radius 3 is 2.38 bits per heavy atom. The molecule has 1 saturated heterocycles. The van der Waals surface area contributed by atoms with Crippen molar-refractivity contribution in [2.24, 2.45) is 5.92 Å². The second-order valence-corrected chi connectivity index (χ2v) is 18.4. The van der Waals surface area contributed by atoms with Crippen LogP contribution in [0.5, 0.6) is 0 Å². The Balaban J connectivity index is 1.21. The van der Waals surface area contributed by atoms with E-state index in [1.165, 1.54) is 0 Å². The van der Waals surface area contributed by atoms with E-state index in [1.807, 2.05) is 99.0 Å². The van der Waals surface area contributed by atoms with Gasteiger partial charge >= 0.3 is 0 Å². The van der Waals surface area contributed by atoms with Gasteiger partial charge < -0.3 is 30.6 Å². The first-order chi connectivity index (χ1) is 25.0. The Kier molecular flexibility index (Phi) is 9.57. The van der Waals surface area contributed by atoms with Gasteiger partial charge in [-0.15, -0.1) is 5.10 Å². The van der Waals surface area contributed by atoms with Crippen molar-refractivity contribution in [3.05, 3.63) is 137 Å². The van der Waals surface area contributed by atoms with E-state index in [-0.39, 0.29) is 35.8 Å². The number of fused-ring (bicyclic) bond motifs is 2. The predicted molar refractivity (Wildman–Crippen MR) is 202 cm³/mol. The lowest BCUT2D eigenvalue weighted by atomic mass is 9.82. The molecule has 1 unspecified atom stereocenters. The van der Waals surface area contributed by atoms with Crippen LogP contribution in [-0.4, -0.2) is 57.7 Å². The van der Waals surface area contributed by atoms with Gasteiger partial charge in [-0.3, -0.25) is 14.3 Å². The highest BCUT2D eigenvalue weighted by Crippen LogP contribution is 2.60. The summed E-state index contributed by atoms with van der Waals surface area (Å²) >= 11 is 0. The maximum atomic E-state index is 14.9. The Morgan fingerprint density at radius 2 is 1.71 bits per heavy atom. The number of aryl methyl sites for hydroxylation is 1. The number of nitrogens with two attached hydrogens (primary N) is 1. The molecule has 2 amide bonds. The van der Waals surface area contributed by atoms with Crippen molar-refractivity contribution in [1.29, 1.82) is 0 Å². The van der Waals surface area contributed by atoms with Crippen molar-refractivity contribution in [3.63, 3.8) is 0 Å². The van der Waals surface area contributed by atoms with E-state index < -0.39 is 20.0 Å². The summed E-state index contributed by atoms with van der Waals surface area (Å²) in [7, 11) is -2.93. The van der Waals surface area contributed by atoms with E-state index in [1.54, 1.807) is 39.9 Å². The molecule has 2 aliphatic rings. The summed E-state index contributed by atoms with van der Waals surface area (Å²) in [6.07, 6.45) is 1.84. The number of rotatable bonds is 11. The maximum Gasteiger partial charge on any atom is 0.264 e. The largest absolute Gasteiger partial charge is 0.432 e. The van der Waals surface area contributed by atoms with Gasteiger partial charge in [-0.2, -0.15) is 0 Å². The van der Waals surface area contributed by atoms with Crippen molar-refractivity contribution in [2.45, 2.75) is 62.7 Å². The number of aliphatic hydroxyl groups is 1. The zero-order valence-electron chi connectivity index (χ0n) is 29.5. The van der Waals surface area contributed by atoms with Crippen LogP contribution in [0.4, 0.5) is 17.1 Å². The molecule has 0 radical (unpaired) electrons. The number of ether oxygens (including phenoxy) is 1. The number of nitrogen functional groups attached to an aromatic ring is 1. The van der Waals surface area contributed by atoms with E-state index in [2.05, 4.69) is 15.6 Å². The standard InChI is InChI=1S/C40H44N6O5Si/c1-26-37(52(2,3)50)36(20-21-45-24-34(43-44-45)32(25-47)28-12-8-5-9-13-28)51-40(26)33-22-31(42-38(48)29-14-16-30(41)17-15-29)18-19-35(33)46(39(40)49)23-27-10-6-4-7-11-27/h4-19,22,24,26,32,36-37,47,50H,20-21,23,25,41H2,1-3H3,(H,42,48)/t26-,32?,36+,37-,40+/m0/s1. The van der Waals surface area contributed by atoms with Crippen molar-refractivity contribution in [1.82, 2.24) is 15.0 Å². The van der Waals surface area contributed by atoms with E-state index in [0.717, 1.165) is 11.1 Å². The van der Waals surface area contributed by atoms with Crippen LogP contribution in [0.1, 0.15) is 52.0 Å². The number of carbonyl (C=O) groups is 2. The number of aromatic nitrogens is 3. The molecule has 12 heteroatoms. The Bertz CT molecular complexity index is 2050.